The fourth-order valence-corrected chi connectivity index (χ4v) is 1.91. The Labute approximate surface area is 110 Å². The maximum absolute atomic E-state index is 11.9. The van der Waals surface area contributed by atoms with Crippen LogP contribution in [0, 0.1) is 12.3 Å². The molecule has 1 N–H and O–H groups in total. The van der Waals surface area contributed by atoms with Crippen molar-refractivity contribution < 1.29 is 9.53 Å². The van der Waals surface area contributed by atoms with Gasteiger partial charge in [0.2, 0.25) is 0 Å². The highest BCUT2D eigenvalue weighted by atomic mass is 35.5. The molecule has 0 spiro atoms. The largest absolute Gasteiger partial charge is 0.458 e. The van der Waals surface area contributed by atoms with E-state index in [9.17, 15) is 4.79 Å². The lowest BCUT2D eigenvalue weighted by Gasteiger charge is -2.06. The second kappa shape index (κ2) is 4.75. The average molecular weight is 262 g/mol. The Morgan fingerprint density at radius 3 is 2.83 bits per heavy atom. The number of nitrogens with one attached hydrogen (secondary N) is 1. The second-order valence-electron chi connectivity index (χ2n) is 4.16. The van der Waals surface area contributed by atoms with Crippen molar-refractivity contribution in [3.05, 3.63) is 34.5 Å². The molecule has 0 aliphatic rings. The Morgan fingerprint density at radius 2 is 2.22 bits per heavy atom. The molecule has 0 amide bonds. The predicted octanol–water partition coefficient (Wildman–Crippen LogP) is 3.37. The van der Waals surface area contributed by atoms with Crippen LogP contribution in [0.25, 0.3) is 10.9 Å². The summed E-state index contributed by atoms with van der Waals surface area (Å²) >= 11 is 5.92. The Bertz CT molecular complexity index is 650. The highest BCUT2D eigenvalue weighted by molar-refractivity contribution is 6.31. The van der Waals surface area contributed by atoms with Crippen LogP contribution in [0.3, 0.4) is 0 Å². The molecule has 0 radical (unpaired) electrons. The minimum absolute atomic E-state index is 0.196. The number of H-pyrrole nitrogens is 1. The molecule has 0 aliphatic heterocycles. The first-order valence-electron chi connectivity index (χ1n) is 5.51. The third kappa shape index (κ3) is 2.20. The molecule has 3 nitrogen and oxygen atoms in total. The van der Waals surface area contributed by atoms with E-state index in [2.05, 4.69) is 10.9 Å². The first kappa shape index (κ1) is 12.5. The summed E-state index contributed by atoms with van der Waals surface area (Å²) in [5.74, 6) is 2.06. The van der Waals surface area contributed by atoms with Crippen LogP contribution in [0.4, 0.5) is 0 Å². The van der Waals surface area contributed by atoms with Crippen LogP contribution in [0.15, 0.2) is 18.2 Å². The average Bonchev–Trinajstić information content (AvgIpc) is 2.65. The summed E-state index contributed by atoms with van der Waals surface area (Å²) in [4.78, 5) is 14.9. The van der Waals surface area contributed by atoms with Crippen molar-refractivity contribution in [1.82, 2.24) is 4.98 Å². The highest BCUT2D eigenvalue weighted by Crippen LogP contribution is 2.25. The number of terminal acetylenes is 1. The predicted molar refractivity (Wildman–Crippen MR) is 71.8 cm³/mol. The van der Waals surface area contributed by atoms with Crippen LogP contribution < -0.4 is 0 Å². The van der Waals surface area contributed by atoms with Gasteiger partial charge in [0, 0.05) is 15.9 Å². The number of carbonyl (C=O) groups is 1. The Morgan fingerprint density at radius 1 is 1.50 bits per heavy atom. The van der Waals surface area contributed by atoms with Crippen molar-refractivity contribution >= 4 is 28.5 Å². The lowest BCUT2D eigenvalue weighted by Crippen LogP contribution is -2.13. The lowest BCUT2D eigenvalue weighted by molar-refractivity contribution is 0.0371. The Balaban J connectivity index is 2.58. The van der Waals surface area contributed by atoms with Crippen LogP contribution >= 0.6 is 11.6 Å². The van der Waals surface area contributed by atoms with Gasteiger partial charge in [0.1, 0.15) is 5.69 Å². The van der Waals surface area contributed by atoms with E-state index in [1.165, 1.54) is 0 Å². The van der Waals surface area contributed by atoms with Crippen molar-refractivity contribution in [2.45, 2.75) is 20.0 Å². The fourth-order valence-electron chi connectivity index (χ4n) is 1.74. The van der Waals surface area contributed by atoms with Crippen molar-refractivity contribution in [2.24, 2.45) is 0 Å². The van der Waals surface area contributed by atoms with E-state index >= 15 is 0 Å². The van der Waals surface area contributed by atoms with Crippen molar-refractivity contribution in [2.75, 3.05) is 0 Å². The summed E-state index contributed by atoms with van der Waals surface area (Å²) in [5.41, 5.74) is 1.55. The number of hydrogen-bond acceptors (Lipinski definition) is 2. The molecule has 4 heteroatoms. The maximum atomic E-state index is 11.9. The van der Waals surface area contributed by atoms with Crippen LogP contribution in [-0.4, -0.2) is 17.1 Å². The third-order valence-electron chi connectivity index (χ3n) is 2.45. The van der Waals surface area contributed by atoms with Crippen LogP contribution in [-0.2, 0) is 4.74 Å². The molecule has 0 aliphatic carbocycles. The minimum Gasteiger partial charge on any atom is -0.458 e. The van der Waals surface area contributed by atoms with E-state index in [1.54, 1.807) is 32.0 Å². The molecular formula is C14H12ClNO2. The zero-order valence-corrected chi connectivity index (χ0v) is 10.8. The summed E-state index contributed by atoms with van der Waals surface area (Å²) in [6.07, 6.45) is 5.26. The molecule has 0 unspecified atom stereocenters. The van der Waals surface area contributed by atoms with Gasteiger partial charge in [0.25, 0.3) is 0 Å². The Hall–Kier alpha value is -1.92. The highest BCUT2D eigenvalue weighted by Gasteiger charge is 2.18. The van der Waals surface area contributed by atoms with Gasteiger partial charge in [0.15, 0.2) is 0 Å². The fraction of sp³-hybridized carbons (Fsp3) is 0.214. The molecule has 0 saturated carbocycles. The number of carbonyl (C=O) groups excluding carboxylic acids is 1. The molecule has 1 heterocycles. The molecule has 0 atom stereocenters. The smallest absolute Gasteiger partial charge is 0.356 e. The molecule has 1 aromatic heterocycles. The van der Waals surface area contributed by atoms with Gasteiger partial charge < -0.3 is 9.72 Å². The van der Waals surface area contributed by atoms with Gasteiger partial charge in [-0.3, -0.25) is 0 Å². The Kier molecular flexibility index (Phi) is 3.31. The van der Waals surface area contributed by atoms with Gasteiger partial charge in [0.05, 0.1) is 11.7 Å². The molecule has 2 aromatic rings. The summed E-state index contributed by atoms with van der Waals surface area (Å²) < 4.78 is 5.14. The first-order chi connectivity index (χ1) is 8.52. The molecule has 0 saturated heterocycles. The number of benzene rings is 1. The van der Waals surface area contributed by atoms with E-state index in [0.717, 1.165) is 10.9 Å². The van der Waals surface area contributed by atoms with Gasteiger partial charge in [-0.05, 0) is 32.0 Å². The van der Waals surface area contributed by atoms with Crippen molar-refractivity contribution in [3.8, 4) is 12.3 Å². The lowest BCUT2D eigenvalue weighted by atomic mass is 10.1. The molecule has 0 fully saturated rings. The monoisotopic (exact) mass is 261 g/mol. The maximum Gasteiger partial charge on any atom is 0.356 e. The molecular weight excluding hydrogens is 250 g/mol. The van der Waals surface area contributed by atoms with Crippen molar-refractivity contribution in [3.63, 3.8) is 0 Å². The first-order valence-corrected chi connectivity index (χ1v) is 5.89. The summed E-state index contributed by atoms with van der Waals surface area (Å²) in [6, 6.07) is 5.25. The van der Waals surface area contributed by atoms with Crippen LogP contribution in [0.5, 0.6) is 0 Å². The van der Waals surface area contributed by atoms with Crippen LogP contribution in [0.1, 0.15) is 29.9 Å². The minimum atomic E-state index is -0.453. The molecule has 1 aromatic carbocycles. The zero-order chi connectivity index (χ0) is 13.3. The molecule has 92 valence electrons. The molecule has 2 rings (SSSR count). The van der Waals surface area contributed by atoms with E-state index in [4.69, 9.17) is 22.8 Å². The zero-order valence-electron chi connectivity index (χ0n) is 10.1. The molecule has 0 bridgehead atoms. The van der Waals surface area contributed by atoms with E-state index < -0.39 is 5.97 Å². The molecule has 18 heavy (non-hydrogen) atoms. The number of aromatic amines is 1. The number of fused-ring (bicyclic) bond motifs is 1. The standard InChI is InChI=1S/C14H12ClNO2/c1-4-10-11-7-9(15)5-6-12(11)16-13(10)14(17)18-8(2)3/h1,5-8,16H,2-3H3. The van der Waals surface area contributed by atoms with E-state index in [0.29, 0.717) is 16.3 Å². The number of hydrogen-bond donors (Lipinski definition) is 1. The van der Waals surface area contributed by atoms with Crippen molar-refractivity contribution in [1.29, 1.82) is 0 Å². The number of esters is 1. The van der Waals surface area contributed by atoms with Gasteiger partial charge >= 0.3 is 5.97 Å². The second-order valence-corrected chi connectivity index (χ2v) is 4.60. The SMILES string of the molecule is C#Cc1c(C(=O)OC(C)C)[nH]c2ccc(Cl)cc12. The number of halogens is 1. The van der Waals surface area contributed by atoms with Gasteiger partial charge in [-0.1, -0.05) is 17.5 Å². The number of ether oxygens (including phenoxy) is 1. The van der Waals surface area contributed by atoms with E-state index in [-0.39, 0.29) is 6.10 Å². The summed E-state index contributed by atoms with van der Waals surface area (Å²) in [6.45, 7) is 3.57. The quantitative estimate of drug-likeness (QED) is 0.665. The van der Waals surface area contributed by atoms with E-state index in [1.807, 2.05) is 0 Å². The number of aromatic nitrogens is 1. The van der Waals surface area contributed by atoms with Gasteiger partial charge in [-0.25, -0.2) is 4.79 Å². The van der Waals surface area contributed by atoms with Gasteiger partial charge in [-0.2, -0.15) is 0 Å². The summed E-state index contributed by atoms with van der Waals surface area (Å²) in [5, 5.41) is 1.32. The topological polar surface area (TPSA) is 42.1 Å². The van der Waals surface area contributed by atoms with Gasteiger partial charge in [-0.15, -0.1) is 6.42 Å². The number of rotatable bonds is 2. The third-order valence-corrected chi connectivity index (χ3v) is 2.69. The van der Waals surface area contributed by atoms with Crippen LogP contribution in [0.2, 0.25) is 5.02 Å². The summed E-state index contributed by atoms with van der Waals surface area (Å²) in [7, 11) is 0. The normalized spacial score (nSPS) is 10.6.